The molecule has 2 aromatic carbocycles. The van der Waals surface area contributed by atoms with Crippen LogP contribution in [0, 0.1) is 6.92 Å². The van der Waals surface area contributed by atoms with E-state index in [9.17, 15) is 4.79 Å². The fourth-order valence-electron chi connectivity index (χ4n) is 2.66. The second kappa shape index (κ2) is 10.7. The van der Waals surface area contributed by atoms with Gasteiger partial charge >= 0.3 is 0 Å². The first-order valence-corrected chi connectivity index (χ1v) is 11.8. The summed E-state index contributed by atoms with van der Waals surface area (Å²) in [7, 11) is 0. The first kappa shape index (κ1) is 21.7. The monoisotopic (exact) mass is 446 g/mol. The van der Waals surface area contributed by atoms with Crippen LogP contribution in [0.1, 0.15) is 23.9 Å². The first-order chi connectivity index (χ1) is 14.0. The third-order valence-corrected chi connectivity index (χ3v) is 6.41. The summed E-state index contributed by atoms with van der Waals surface area (Å²) in [5.41, 5.74) is 3.30. The van der Waals surface area contributed by atoms with Crippen molar-refractivity contribution in [2.24, 2.45) is 0 Å². The summed E-state index contributed by atoms with van der Waals surface area (Å²) in [5, 5.41) is 12.9. The topological polar surface area (TPSA) is 59.8 Å². The average molecular weight is 447 g/mol. The Hall–Kier alpha value is -1.96. The lowest BCUT2D eigenvalue weighted by Gasteiger charge is -2.08. The number of hydrogen-bond donors (Lipinski definition) is 1. The predicted molar refractivity (Wildman–Crippen MR) is 123 cm³/mol. The molecular weight excluding hydrogens is 424 g/mol. The van der Waals surface area contributed by atoms with Crippen molar-refractivity contribution in [1.82, 2.24) is 14.8 Å². The molecule has 152 valence electrons. The van der Waals surface area contributed by atoms with Crippen molar-refractivity contribution in [3.05, 3.63) is 70.5 Å². The van der Waals surface area contributed by atoms with Crippen LogP contribution in [-0.2, 0) is 22.8 Å². The van der Waals surface area contributed by atoms with Crippen LogP contribution < -0.4 is 5.32 Å². The quantitative estimate of drug-likeness (QED) is 0.444. The Morgan fingerprint density at radius 1 is 1.07 bits per heavy atom. The van der Waals surface area contributed by atoms with E-state index in [2.05, 4.69) is 58.2 Å². The van der Waals surface area contributed by atoms with Crippen molar-refractivity contribution in [2.45, 2.75) is 37.1 Å². The SMILES string of the molecule is CCn1c(CSCc2ccc(C)cc2)nnc1SCC(=O)Nc1ccc(Cl)cc1. The normalized spacial score (nSPS) is 10.9. The minimum absolute atomic E-state index is 0.0849. The van der Waals surface area contributed by atoms with Crippen LogP contribution in [0.3, 0.4) is 0 Å². The highest BCUT2D eigenvalue weighted by atomic mass is 35.5. The number of nitrogens with zero attached hydrogens (tertiary/aromatic N) is 3. The standard InChI is InChI=1S/C21H23ClN4OS2/c1-3-26-19(13-28-12-16-6-4-15(2)5-7-16)24-25-21(26)29-14-20(27)23-18-10-8-17(22)9-11-18/h4-11H,3,12-14H2,1-2H3,(H,23,27). The fourth-order valence-corrected chi connectivity index (χ4v) is 4.53. The van der Waals surface area contributed by atoms with Gasteiger partial charge in [-0.3, -0.25) is 4.79 Å². The predicted octanol–water partition coefficient (Wildman–Crippen LogP) is 5.42. The largest absolute Gasteiger partial charge is 0.325 e. The molecule has 1 amide bonds. The van der Waals surface area contributed by atoms with Gasteiger partial charge in [0.05, 0.1) is 11.5 Å². The van der Waals surface area contributed by atoms with Crippen LogP contribution in [-0.4, -0.2) is 26.4 Å². The van der Waals surface area contributed by atoms with Gasteiger partial charge in [0, 0.05) is 23.0 Å². The van der Waals surface area contributed by atoms with E-state index >= 15 is 0 Å². The lowest BCUT2D eigenvalue weighted by atomic mass is 10.2. The van der Waals surface area contributed by atoms with Crippen molar-refractivity contribution in [2.75, 3.05) is 11.1 Å². The van der Waals surface area contributed by atoms with E-state index in [0.29, 0.717) is 5.02 Å². The Morgan fingerprint density at radius 3 is 2.48 bits per heavy atom. The summed E-state index contributed by atoms with van der Waals surface area (Å²) in [5.74, 6) is 2.84. The van der Waals surface area contributed by atoms with Gasteiger partial charge in [0.2, 0.25) is 5.91 Å². The molecule has 0 aliphatic heterocycles. The number of aryl methyl sites for hydroxylation is 1. The Balaban J connectivity index is 1.51. The maximum Gasteiger partial charge on any atom is 0.234 e. The lowest BCUT2D eigenvalue weighted by Crippen LogP contribution is -2.14. The summed E-state index contributed by atoms with van der Waals surface area (Å²) >= 11 is 9.07. The number of nitrogens with one attached hydrogen (secondary N) is 1. The smallest absolute Gasteiger partial charge is 0.234 e. The molecule has 0 saturated carbocycles. The Kier molecular flexibility index (Phi) is 8.03. The highest BCUT2D eigenvalue weighted by Gasteiger charge is 2.13. The van der Waals surface area contributed by atoms with Gasteiger partial charge in [0.25, 0.3) is 0 Å². The second-order valence-electron chi connectivity index (χ2n) is 6.47. The van der Waals surface area contributed by atoms with Crippen molar-refractivity contribution in [1.29, 1.82) is 0 Å². The number of carbonyl (C=O) groups is 1. The highest BCUT2D eigenvalue weighted by Crippen LogP contribution is 2.22. The van der Waals surface area contributed by atoms with E-state index in [4.69, 9.17) is 11.6 Å². The van der Waals surface area contributed by atoms with Crippen molar-refractivity contribution in [3.8, 4) is 0 Å². The molecule has 3 rings (SSSR count). The van der Waals surface area contributed by atoms with Gasteiger partial charge in [-0.2, -0.15) is 0 Å². The van der Waals surface area contributed by atoms with Crippen LogP contribution >= 0.6 is 35.1 Å². The molecule has 0 radical (unpaired) electrons. The fraction of sp³-hybridized carbons (Fsp3) is 0.286. The van der Waals surface area contributed by atoms with Gasteiger partial charge < -0.3 is 9.88 Å². The van der Waals surface area contributed by atoms with E-state index < -0.39 is 0 Å². The molecule has 0 aliphatic rings. The number of halogens is 1. The molecule has 0 atom stereocenters. The molecule has 0 unspecified atom stereocenters. The summed E-state index contributed by atoms with van der Waals surface area (Å²) in [6.07, 6.45) is 0. The second-order valence-corrected chi connectivity index (χ2v) is 8.83. The zero-order valence-electron chi connectivity index (χ0n) is 16.4. The molecule has 1 N–H and O–H groups in total. The van der Waals surface area contributed by atoms with Crippen LogP contribution in [0.4, 0.5) is 5.69 Å². The molecule has 1 aromatic heterocycles. The van der Waals surface area contributed by atoms with Crippen LogP contribution in [0.25, 0.3) is 0 Å². The third kappa shape index (κ3) is 6.52. The molecule has 0 spiro atoms. The molecule has 8 heteroatoms. The summed E-state index contributed by atoms with van der Waals surface area (Å²) < 4.78 is 2.07. The number of aromatic nitrogens is 3. The Labute approximate surface area is 184 Å². The summed E-state index contributed by atoms with van der Waals surface area (Å²) in [6.45, 7) is 4.93. The molecule has 5 nitrogen and oxygen atoms in total. The van der Waals surface area contributed by atoms with Gasteiger partial charge in [-0.25, -0.2) is 0 Å². The first-order valence-electron chi connectivity index (χ1n) is 9.28. The van der Waals surface area contributed by atoms with Gasteiger partial charge in [-0.05, 0) is 43.7 Å². The van der Waals surface area contributed by atoms with Gasteiger partial charge in [0.15, 0.2) is 5.16 Å². The molecule has 1 heterocycles. The number of carbonyl (C=O) groups excluding carboxylic acids is 1. The zero-order chi connectivity index (χ0) is 20.6. The van der Waals surface area contributed by atoms with Crippen molar-refractivity contribution >= 4 is 46.7 Å². The molecule has 0 saturated heterocycles. The maximum absolute atomic E-state index is 12.2. The average Bonchev–Trinajstić information content (AvgIpc) is 3.11. The molecular formula is C21H23ClN4OS2. The third-order valence-electron chi connectivity index (χ3n) is 4.19. The van der Waals surface area contributed by atoms with Crippen LogP contribution in [0.2, 0.25) is 5.02 Å². The molecule has 0 aliphatic carbocycles. The number of benzene rings is 2. The highest BCUT2D eigenvalue weighted by molar-refractivity contribution is 7.99. The molecule has 0 fully saturated rings. The van der Waals surface area contributed by atoms with E-state index in [1.54, 1.807) is 24.3 Å². The summed E-state index contributed by atoms with van der Waals surface area (Å²) in [4.78, 5) is 12.2. The van der Waals surface area contributed by atoms with Gasteiger partial charge in [0.1, 0.15) is 5.82 Å². The van der Waals surface area contributed by atoms with E-state index in [1.165, 1.54) is 22.9 Å². The minimum atomic E-state index is -0.0849. The molecule has 0 bridgehead atoms. The number of thioether (sulfide) groups is 2. The van der Waals surface area contributed by atoms with Crippen molar-refractivity contribution < 1.29 is 4.79 Å². The van der Waals surface area contributed by atoms with Gasteiger partial charge in [-0.15, -0.1) is 22.0 Å². The zero-order valence-corrected chi connectivity index (χ0v) is 18.8. The van der Waals surface area contributed by atoms with E-state index in [0.717, 1.165) is 34.7 Å². The molecule has 3 aromatic rings. The lowest BCUT2D eigenvalue weighted by molar-refractivity contribution is -0.113. The van der Waals surface area contributed by atoms with E-state index in [1.807, 2.05) is 11.8 Å². The number of anilines is 1. The van der Waals surface area contributed by atoms with Crippen LogP contribution in [0.15, 0.2) is 53.7 Å². The van der Waals surface area contributed by atoms with Crippen molar-refractivity contribution in [3.63, 3.8) is 0 Å². The summed E-state index contributed by atoms with van der Waals surface area (Å²) in [6, 6.07) is 15.6. The Morgan fingerprint density at radius 2 is 1.79 bits per heavy atom. The Bertz CT molecular complexity index is 942. The number of rotatable bonds is 9. The number of hydrogen-bond acceptors (Lipinski definition) is 5. The molecule has 29 heavy (non-hydrogen) atoms. The maximum atomic E-state index is 12.2. The number of amides is 1. The van der Waals surface area contributed by atoms with Gasteiger partial charge in [-0.1, -0.05) is 53.2 Å². The van der Waals surface area contributed by atoms with E-state index in [-0.39, 0.29) is 11.7 Å². The minimum Gasteiger partial charge on any atom is -0.325 e. The van der Waals surface area contributed by atoms with Crippen LogP contribution in [0.5, 0.6) is 0 Å².